The number of carbonyl (C=O) groups excluding carboxylic acids is 1. The molecule has 0 bridgehead atoms. The van der Waals surface area contributed by atoms with Crippen molar-refractivity contribution < 1.29 is 26.2 Å². The van der Waals surface area contributed by atoms with Crippen molar-refractivity contribution in [2.75, 3.05) is 23.1 Å². The largest absolute Gasteiger partial charge is 0.364 e. The van der Waals surface area contributed by atoms with Crippen LogP contribution in [0.3, 0.4) is 0 Å². The van der Waals surface area contributed by atoms with Crippen molar-refractivity contribution >= 4 is 38.2 Å². The summed E-state index contributed by atoms with van der Waals surface area (Å²) in [5.74, 6) is 0.0995. The first-order valence-electron chi connectivity index (χ1n) is 17.8. The van der Waals surface area contributed by atoms with Crippen molar-refractivity contribution in [3.63, 3.8) is 0 Å². The fourth-order valence-corrected chi connectivity index (χ4v) is 7.90. The zero-order valence-corrected chi connectivity index (χ0v) is 34.1. The maximum atomic E-state index is 13.5. The van der Waals surface area contributed by atoms with E-state index in [1.54, 1.807) is 84.3 Å². The Morgan fingerprint density at radius 1 is 0.724 bits per heavy atom. The monoisotopic (exact) mass is 822 g/mol. The van der Waals surface area contributed by atoms with E-state index >= 15 is 0 Å². The van der Waals surface area contributed by atoms with E-state index in [1.807, 2.05) is 43.3 Å². The molecule has 16 heteroatoms. The number of imidazole rings is 2. The molecule has 12 nitrogen and oxygen atoms in total. The summed E-state index contributed by atoms with van der Waals surface area (Å²) in [5.41, 5.74) is 6.28. The van der Waals surface area contributed by atoms with Gasteiger partial charge in [-0.2, -0.15) is 0 Å². The average molecular weight is 823 g/mol. The molecule has 7 rings (SSSR count). The number of hydrogen-bond acceptors (Lipinski definition) is 9. The van der Waals surface area contributed by atoms with E-state index in [2.05, 4.69) is 30.6 Å². The van der Waals surface area contributed by atoms with Gasteiger partial charge in [0.05, 0.1) is 33.6 Å². The lowest BCUT2D eigenvalue weighted by Crippen LogP contribution is -2.08. The fraction of sp³-hybridized carbons (Fsp3) is 0.167. The molecular formula is C42H40F2N8O4S2. The molecule has 2 unspecified atom stereocenters. The van der Waals surface area contributed by atoms with Crippen LogP contribution in [0.15, 0.2) is 126 Å². The summed E-state index contributed by atoms with van der Waals surface area (Å²) in [7, 11) is -1.45. The summed E-state index contributed by atoms with van der Waals surface area (Å²) in [5, 5.41) is 6.37. The lowest BCUT2D eigenvalue weighted by atomic mass is 10.0. The third kappa shape index (κ3) is 9.41. The van der Waals surface area contributed by atoms with Crippen LogP contribution in [0.1, 0.15) is 25.5 Å². The smallest absolute Gasteiger partial charge is 0.228 e. The maximum absolute atomic E-state index is 13.5. The molecule has 0 radical (unpaired) electrons. The maximum Gasteiger partial charge on any atom is 0.228 e. The first kappa shape index (κ1) is 41.2. The Labute approximate surface area is 337 Å². The molecule has 7 aromatic rings. The summed E-state index contributed by atoms with van der Waals surface area (Å²) in [6.45, 7) is 3.44. The van der Waals surface area contributed by atoms with Crippen molar-refractivity contribution in [2.45, 2.75) is 30.2 Å². The van der Waals surface area contributed by atoms with Crippen LogP contribution in [0.4, 0.5) is 20.4 Å². The standard InChI is InChI=1S/C24H23FN4O2S.C18H17FN4O2S/c1-16(17-7-5-4-6-8-17)27-21-15-19(13-14-26-21)23-22(18-9-11-20(25)12-10-18)28-24(29(23)2)32(3,30)31;1-11(24)21-15-10-13(8-9-20-15)17-16(12-4-6-14(19)7-5-12)22-18(23(17)2)26(3)25/h4-16H,1-3H3,(H,26,27);4-10H,1-3H3,(H,20,21,24). The third-order valence-electron chi connectivity index (χ3n) is 8.97. The number of pyridine rings is 2. The van der Waals surface area contributed by atoms with Crippen molar-refractivity contribution in [1.29, 1.82) is 0 Å². The van der Waals surface area contributed by atoms with Gasteiger partial charge in [0, 0.05) is 74.2 Å². The van der Waals surface area contributed by atoms with Gasteiger partial charge in [0.25, 0.3) is 0 Å². The van der Waals surface area contributed by atoms with E-state index in [-0.39, 0.29) is 28.7 Å². The van der Waals surface area contributed by atoms with Gasteiger partial charge in [0.2, 0.25) is 20.9 Å². The number of rotatable bonds is 10. The number of hydrogen-bond donors (Lipinski definition) is 2. The Balaban J connectivity index is 0.000000200. The Morgan fingerprint density at radius 3 is 1.74 bits per heavy atom. The second-order valence-electron chi connectivity index (χ2n) is 13.4. The normalized spacial score (nSPS) is 12.3. The number of anilines is 2. The van der Waals surface area contributed by atoms with E-state index in [4.69, 9.17) is 0 Å². The van der Waals surface area contributed by atoms with Gasteiger partial charge >= 0.3 is 0 Å². The fourth-order valence-electron chi connectivity index (χ4n) is 6.35. The van der Waals surface area contributed by atoms with Gasteiger partial charge in [-0.05, 0) is 85.3 Å². The van der Waals surface area contributed by atoms with Crippen molar-refractivity contribution in [1.82, 2.24) is 29.1 Å². The molecule has 2 N–H and O–H groups in total. The number of amides is 1. The highest BCUT2D eigenvalue weighted by Crippen LogP contribution is 2.36. The molecule has 0 spiro atoms. The molecule has 0 aliphatic heterocycles. The van der Waals surface area contributed by atoms with E-state index < -0.39 is 20.6 Å². The highest BCUT2D eigenvalue weighted by atomic mass is 32.2. The van der Waals surface area contributed by atoms with E-state index in [0.717, 1.165) is 22.9 Å². The lowest BCUT2D eigenvalue weighted by Gasteiger charge is -2.16. The Morgan fingerprint density at radius 2 is 1.22 bits per heavy atom. The van der Waals surface area contributed by atoms with Gasteiger partial charge in [-0.3, -0.25) is 9.00 Å². The first-order valence-corrected chi connectivity index (χ1v) is 21.3. The molecule has 0 saturated heterocycles. The van der Waals surface area contributed by atoms with Gasteiger partial charge in [0.1, 0.15) is 23.3 Å². The van der Waals surface area contributed by atoms with Crippen molar-refractivity contribution in [3.8, 4) is 45.0 Å². The molecule has 0 aliphatic rings. The first-order chi connectivity index (χ1) is 27.6. The second kappa shape index (κ2) is 17.4. The third-order valence-corrected chi connectivity index (χ3v) is 10.9. The second-order valence-corrected chi connectivity index (χ2v) is 16.5. The van der Waals surface area contributed by atoms with Gasteiger partial charge < -0.3 is 19.8 Å². The Bertz CT molecular complexity index is 2720. The van der Waals surface area contributed by atoms with Crippen LogP contribution in [0.25, 0.3) is 45.0 Å². The molecule has 4 aromatic heterocycles. The SMILES string of the molecule is CC(=O)Nc1cc(-c2c(-c3ccc(F)cc3)nc(S(C)=O)n2C)ccn1.CC(Nc1cc(-c2c(-c3ccc(F)cc3)nc(S(C)(=O)=O)n2C)ccn1)c1ccccc1. The van der Waals surface area contributed by atoms with Gasteiger partial charge in [0.15, 0.2) is 5.16 Å². The highest BCUT2D eigenvalue weighted by Gasteiger charge is 2.24. The average Bonchev–Trinajstić information content (AvgIpc) is 3.73. The minimum absolute atomic E-state index is 0.0219. The van der Waals surface area contributed by atoms with Crippen molar-refractivity contribution in [2.24, 2.45) is 14.1 Å². The van der Waals surface area contributed by atoms with Gasteiger partial charge in [-0.1, -0.05) is 30.3 Å². The van der Waals surface area contributed by atoms with E-state index in [9.17, 15) is 26.2 Å². The van der Waals surface area contributed by atoms with Crippen LogP contribution < -0.4 is 10.6 Å². The van der Waals surface area contributed by atoms with E-state index in [0.29, 0.717) is 50.7 Å². The van der Waals surface area contributed by atoms with Crippen LogP contribution in [0.2, 0.25) is 0 Å². The lowest BCUT2D eigenvalue weighted by molar-refractivity contribution is -0.114. The predicted molar refractivity (Wildman–Crippen MR) is 222 cm³/mol. The quantitative estimate of drug-likeness (QED) is 0.140. The zero-order valence-electron chi connectivity index (χ0n) is 32.4. The number of nitrogens with zero attached hydrogens (tertiary/aromatic N) is 6. The number of benzene rings is 3. The number of nitrogens with one attached hydrogen (secondary N) is 2. The van der Waals surface area contributed by atoms with E-state index in [1.165, 1.54) is 31.2 Å². The molecule has 2 atom stereocenters. The molecule has 0 fully saturated rings. The van der Waals surface area contributed by atoms with Gasteiger partial charge in [-0.25, -0.2) is 37.1 Å². The Hall–Kier alpha value is -6.39. The Kier molecular flexibility index (Phi) is 12.4. The molecule has 0 saturated carbocycles. The molecule has 4 heterocycles. The number of carbonyl (C=O) groups is 1. The highest BCUT2D eigenvalue weighted by molar-refractivity contribution is 7.90. The molecule has 0 aliphatic carbocycles. The van der Waals surface area contributed by atoms with Crippen LogP contribution >= 0.6 is 0 Å². The summed E-state index contributed by atoms with van der Waals surface area (Å²) in [6, 6.07) is 29.0. The topological polar surface area (TPSA) is 154 Å². The molecule has 1 amide bonds. The van der Waals surface area contributed by atoms with Crippen molar-refractivity contribution in [3.05, 3.63) is 133 Å². The zero-order chi connectivity index (χ0) is 41.7. The van der Waals surface area contributed by atoms with Gasteiger partial charge in [-0.15, -0.1) is 0 Å². The number of sulfone groups is 1. The molecule has 58 heavy (non-hydrogen) atoms. The molecule has 298 valence electrons. The molecule has 3 aromatic carbocycles. The summed E-state index contributed by atoms with van der Waals surface area (Å²) in [6.07, 6.45) is 5.91. The minimum Gasteiger partial charge on any atom is -0.364 e. The summed E-state index contributed by atoms with van der Waals surface area (Å²) >= 11 is 0. The summed E-state index contributed by atoms with van der Waals surface area (Å²) in [4.78, 5) is 28.8. The minimum atomic E-state index is -3.58. The predicted octanol–water partition coefficient (Wildman–Crippen LogP) is 7.85. The van der Waals surface area contributed by atoms with Crippen LogP contribution in [-0.2, 0) is 39.5 Å². The van der Waals surface area contributed by atoms with Crippen LogP contribution in [0.5, 0.6) is 0 Å². The molecular weight excluding hydrogens is 783 g/mol. The van der Waals surface area contributed by atoms with Crippen LogP contribution in [-0.4, -0.2) is 60.1 Å². The summed E-state index contributed by atoms with van der Waals surface area (Å²) < 4.78 is 66.8. The number of aromatic nitrogens is 6. The number of halogens is 2. The van der Waals surface area contributed by atoms with Crippen LogP contribution in [0, 0.1) is 11.6 Å².